The Hall–Kier alpha value is -1.04. The minimum Gasteiger partial charge on any atom is -0.0845 e. The maximum Gasteiger partial charge on any atom is 0.00207 e. The highest BCUT2D eigenvalue weighted by atomic mass is 14.1. The second-order valence-electron chi connectivity index (χ2n) is 4.03. The van der Waals surface area contributed by atoms with Gasteiger partial charge in [-0.2, -0.15) is 0 Å². The van der Waals surface area contributed by atoms with Crippen LogP contribution in [0.15, 0.2) is 48.1 Å². The van der Waals surface area contributed by atoms with Crippen LogP contribution in [0.2, 0.25) is 0 Å². The smallest absolute Gasteiger partial charge is 0.00207 e. The van der Waals surface area contributed by atoms with Gasteiger partial charge in [-0.15, -0.1) is 0 Å². The van der Waals surface area contributed by atoms with Crippen LogP contribution in [0.3, 0.4) is 0 Å². The van der Waals surface area contributed by atoms with E-state index in [1.807, 2.05) is 0 Å². The van der Waals surface area contributed by atoms with Gasteiger partial charge in [0.2, 0.25) is 0 Å². The molecule has 14 heavy (non-hydrogen) atoms. The maximum atomic E-state index is 2.42. The molecule has 0 aliphatic heterocycles. The van der Waals surface area contributed by atoms with Crippen molar-refractivity contribution in [2.45, 2.75) is 32.1 Å². The number of hydrogen-bond donors (Lipinski definition) is 0. The molecular formula is C14H18. The van der Waals surface area contributed by atoms with Crippen LogP contribution < -0.4 is 0 Å². The number of rotatable bonds is 1. The maximum absolute atomic E-state index is 2.42. The number of hydrogen-bond acceptors (Lipinski definition) is 0. The third kappa shape index (κ3) is 2.47. The highest BCUT2D eigenvalue weighted by Crippen LogP contribution is 2.25. The molecule has 0 saturated carbocycles. The van der Waals surface area contributed by atoms with Crippen LogP contribution in [0.4, 0.5) is 0 Å². The first-order valence-corrected chi connectivity index (χ1v) is 5.67. The van der Waals surface area contributed by atoms with Gasteiger partial charge in [0.25, 0.3) is 0 Å². The van der Waals surface area contributed by atoms with E-state index in [4.69, 9.17) is 0 Å². The van der Waals surface area contributed by atoms with Crippen LogP contribution in [-0.4, -0.2) is 0 Å². The standard InChI is InChI=1S/C14H18/c1-2-6-10-13(9-5-1)14-11-7-3-4-8-12-14/h1-2,5,7,9,11-13H,3-4,6,8,10H2. The molecule has 1 atom stereocenters. The van der Waals surface area contributed by atoms with Crippen LogP contribution in [0.5, 0.6) is 0 Å². The van der Waals surface area contributed by atoms with Gasteiger partial charge in [0.1, 0.15) is 0 Å². The van der Waals surface area contributed by atoms with E-state index in [0.717, 1.165) is 0 Å². The van der Waals surface area contributed by atoms with Crippen molar-refractivity contribution >= 4 is 0 Å². The van der Waals surface area contributed by atoms with Gasteiger partial charge >= 0.3 is 0 Å². The van der Waals surface area contributed by atoms with Crippen LogP contribution in [0.25, 0.3) is 0 Å². The van der Waals surface area contributed by atoms with E-state index in [2.05, 4.69) is 42.5 Å². The largest absolute Gasteiger partial charge is 0.0845 e. The first-order valence-electron chi connectivity index (χ1n) is 5.67. The van der Waals surface area contributed by atoms with E-state index in [0.29, 0.717) is 5.92 Å². The summed E-state index contributed by atoms with van der Waals surface area (Å²) in [5, 5.41) is 0. The molecule has 0 aromatic heterocycles. The zero-order valence-electron chi connectivity index (χ0n) is 8.65. The van der Waals surface area contributed by atoms with Gasteiger partial charge in [-0.05, 0) is 37.7 Å². The van der Waals surface area contributed by atoms with Crippen molar-refractivity contribution in [3.05, 3.63) is 48.1 Å². The third-order valence-corrected chi connectivity index (χ3v) is 2.93. The second kappa shape index (κ2) is 4.99. The van der Waals surface area contributed by atoms with Crippen LogP contribution in [0.1, 0.15) is 32.1 Å². The minimum absolute atomic E-state index is 0.652. The summed E-state index contributed by atoms with van der Waals surface area (Å²) in [6.45, 7) is 0. The van der Waals surface area contributed by atoms with Crippen molar-refractivity contribution in [2.75, 3.05) is 0 Å². The lowest BCUT2D eigenvalue weighted by Crippen LogP contribution is -1.97. The van der Waals surface area contributed by atoms with Gasteiger partial charge in [0.15, 0.2) is 0 Å². The summed E-state index contributed by atoms with van der Waals surface area (Å²) < 4.78 is 0. The van der Waals surface area contributed by atoms with Crippen molar-refractivity contribution < 1.29 is 0 Å². The van der Waals surface area contributed by atoms with Crippen molar-refractivity contribution in [1.29, 1.82) is 0 Å². The molecule has 74 valence electrons. The highest BCUT2D eigenvalue weighted by molar-refractivity contribution is 5.28. The van der Waals surface area contributed by atoms with Gasteiger partial charge in [-0.3, -0.25) is 0 Å². The Morgan fingerprint density at radius 2 is 2.00 bits per heavy atom. The van der Waals surface area contributed by atoms with Crippen molar-refractivity contribution in [3.8, 4) is 0 Å². The van der Waals surface area contributed by atoms with Gasteiger partial charge < -0.3 is 0 Å². The Morgan fingerprint density at radius 3 is 3.00 bits per heavy atom. The van der Waals surface area contributed by atoms with Crippen molar-refractivity contribution in [3.63, 3.8) is 0 Å². The molecule has 0 N–H and O–H groups in total. The second-order valence-corrected chi connectivity index (χ2v) is 4.03. The highest BCUT2D eigenvalue weighted by Gasteiger charge is 2.09. The molecule has 0 spiro atoms. The van der Waals surface area contributed by atoms with Gasteiger partial charge in [0.05, 0.1) is 0 Å². The molecule has 0 heterocycles. The molecule has 2 aliphatic carbocycles. The Morgan fingerprint density at radius 1 is 1.00 bits per heavy atom. The van der Waals surface area contributed by atoms with E-state index in [1.165, 1.54) is 37.7 Å². The topological polar surface area (TPSA) is 0 Å². The number of allylic oxidation sites excluding steroid dienone is 8. The Balaban J connectivity index is 2.09. The average molecular weight is 186 g/mol. The van der Waals surface area contributed by atoms with Gasteiger partial charge in [-0.1, -0.05) is 42.5 Å². The fraction of sp³-hybridized carbons (Fsp3) is 0.429. The molecule has 0 aromatic rings. The fourth-order valence-corrected chi connectivity index (χ4v) is 2.09. The van der Waals surface area contributed by atoms with E-state index in [1.54, 1.807) is 0 Å². The Bertz CT molecular complexity index is 289. The Labute approximate surface area is 86.7 Å². The Kier molecular flexibility index (Phi) is 3.39. The molecule has 0 amide bonds. The van der Waals surface area contributed by atoms with Gasteiger partial charge in [-0.25, -0.2) is 0 Å². The summed E-state index contributed by atoms with van der Waals surface area (Å²) in [5.74, 6) is 0.652. The first kappa shape index (κ1) is 9.51. The van der Waals surface area contributed by atoms with Crippen LogP contribution >= 0.6 is 0 Å². The molecular weight excluding hydrogens is 168 g/mol. The molecule has 2 rings (SSSR count). The molecule has 1 unspecified atom stereocenters. The zero-order valence-corrected chi connectivity index (χ0v) is 8.65. The summed E-state index contributed by atoms with van der Waals surface area (Å²) in [5.41, 5.74) is 1.53. The van der Waals surface area contributed by atoms with E-state index >= 15 is 0 Å². The van der Waals surface area contributed by atoms with E-state index in [9.17, 15) is 0 Å². The molecule has 0 aromatic carbocycles. The summed E-state index contributed by atoms with van der Waals surface area (Å²) in [6.07, 6.45) is 22.3. The van der Waals surface area contributed by atoms with E-state index < -0.39 is 0 Å². The summed E-state index contributed by atoms with van der Waals surface area (Å²) in [7, 11) is 0. The average Bonchev–Trinajstić information content (AvgIpc) is 2.62. The van der Waals surface area contributed by atoms with E-state index in [-0.39, 0.29) is 0 Å². The quantitative estimate of drug-likeness (QED) is 0.576. The monoisotopic (exact) mass is 186 g/mol. The molecule has 0 nitrogen and oxygen atoms in total. The molecule has 0 bridgehead atoms. The molecule has 0 saturated heterocycles. The molecule has 0 heteroatoms. The summed E-state index contributed by atoms with van der Waals surface area (Å²) in [4.78, 5) is 0. The summed E-state index contributed by atoms with van der Waals surface area (Å²) >= 11 is 0. The minimum atomic E-state index is 0.652. The van der Waals surface area contributed by atoms with Gasteiger partial charge in [0, 0.05) is 5.92 Å². The molecule has 0 fully saturated rings. The predicted molar refractivity (Wildman–Crippen MR) is 62.1 cm³/mol. The molecule has 0 radical (unpaired) electrons. The summed E-state index contributed by atoms with van der Waals surface area (Å²) in [6, 6.07) is 0. The predicted octanol–water partition coefficient (Wildman–Crippen LogP) is 4.18. The lowest BCUT2D eigenvalue weighted by Gasteiger charge is -2.11. The normalized spacial score (nSPS) is 26.9. The third-order valence-electron chi connectivity index (χ3n) is 2.93. The lowest BCUT2D eigenvalue weighted by atomic mass is 9.93. The molecule has 2 aliphatic rings. The van der Waals surface area contributed by atoms with Crippen molar-refractivity contribution in [2.24, 2.45) is 5.92 Å². The lowest BCUT2D eigenvalue weighted by molar-refractivity contribution is 0.699. The van der Waals surface area contributed by atoms with Crippen molar-refractivity contribution in [1.82, 2.24) is 0 Å². The first-order chi connectivity index (χ1) is 6.97. The fourth-order valence-electron chi connectivity index (χ4n) is 2.09. The SMILES string of the molecule is C1=CCCC(C2=CCCCC=C2)C=C1. The zero-order chi connectivity index (χ0) is 9.64. The van der Waals surface area contributed by atoms with Crippen LogP contribution in [0, 0.1) is 5.92 Å². The van der Waals surface area contributed by atoms with Crippen LogP contribution in [-0.2, 0) is 0 Å².